The summed E-state index contributed by atoms with van der Waals surface area (Å²) in [6, 6.07) is 3.97. The summed E-state index contributed by atoms with van der Waals surface area (Å²) in [5.74, 6) is -1.26. The number of anilines is 2. The molecule has 2 aliphatic rings. The third-order valence-corrected chi connectivity index (χ3v) is 2.91. The van der Waals surface area contributed by atoms with Crippen LogP contribution in [-0.2, 0) is 15.1 Å². The molecule has 0 bridgehead atoms. The SMILES string of the molecule is Nc1ccc2c(c1)NC(=O)C21NC(=O)NC1=O. The maximum absolute atomic E-state index is 11.9. The number of carbonyl (C=O) groups is 3. The molecule has 2 heterocycles. The average Bonchev–Trinajstić information content (AvgIpc) is 2.68. The van der Waals surface area contributed by atoms with Crippen LogP contribution in [0.15, 0.2) is 18.2 Å². The van der Waals surface area contributed by atoms with Crippen LogP contribution in [0, 0.1) is 0 Å². The number of amides is 4. The van der Waals surface area contributed by atoms with E-state index in [2.05, 4.69) is 16.0 Å². The number of urea groups is 1. The summed E-state index contributed by atoms with van der Waals surface area (Å²) < 4.78 is 0. The van der Waals surface area contributed by atoms with Crippen LogP contribution in [0.4, 0.5) is 16.2 Å². The van der Waals surface area contributed by atoms with Crippen molar-refractivity contribution in [2.45, 2.75) is 5.54 Å². The van der Waals surface area contributed by atoms with E-state index in [9.17, 15) is 14.4 Å². The van der Waals surface area contributed by atoms with E-state index in [0.717, 1.165) is 0 Å². The summed E-state index contributed by atoms with van der Waals surface area (Å²) in [7, 11) is 0. The average molecular weight is 232 g/mol. The number of hydrogen-bond donors (Lipinski definition) is 4. The second kappa shape index (κ2) is 2.76. The Kier molecular flexibility index (Phi) is 1.56. The molecular formula is C10H8N4O3. The van der Waals surface area contributed by atoms with Crippen molar-refractivity contribution in [3.63, 3.8) is 0 Å². The molecule has 7 heteroatoms. The Labute approximate surface area is 95.4 Å². The van der Waals surface area contributed by atoms with Crippen molar-refractivity contribution < 1.29 is 14.4 Å². The summed E-state index contributed by atoms with van der Waals surface area (Å²) in [5.41, 5.74) is 5.24. The first kappa shape index (κ1) is 9.64. The molecular weight excluding hydrogens is 224 g/mol. The molecule has 4 amide bonds. The van der Waals surface area contributed by atoms with Gasteiger partial charge in [-0.2, -0.15) is 0 Å². The van der Waals surface area contributed by atoms with Gasteiger partial charge in [-0.25, -0.2) is 4.79 Å². The Morgan fingerprint density at radius 2 is 1.76 bits per heavy atom. The highest BCUT2D eigenvalue weighted by molar-refractivity contribution is 6.27. The molecule has 1 unspecified atom stereocenters. The largest absolute Gasteiger partial charge is 0.399 e. The lowest BCUT2D eigenvalue weighted by Crippen LogP contribution is -2.49. The van der Waals surface area contributed by atoms with Crippen LogP contribution in [-0.4, -0.2) is 17.8 Å². The lowest BCUT2D eigenvalue weighted by Gasteiger charge is -2.17. The number of imide groups is 1. The molecule has 1 aromatic rings. The van der Waals surface area contributed by atoms with Crippen molar-refractivity contribution in [1.29, 1.82) is 0 Å². The zero-order valence-electron chi connectivity index (χ0n) is 8.53. The van der Waals surface area contributed by atoms with Gasteiger partial charge >= 0.3 is 6.03 Å². The lowest BCUT2D eigenvalue weighted by atomic mass is 9.91. The zero-order chi connectivity index (χ0) is 12.2. The highest BCUT2D eigenvalue weighted by atomic mass is 16.2. The molecule has 0 saturated carbocycles. The number of hydrogen-bond acceptors (Lipinski definition) is 4. The van der Waals surface area contributed by atoms with Gasteiger partial charge in [0.25, 0.3) is 11.8 Å². The summed E-state index contributed by atoms with van der Waals surface area (Å²) in [6.45, 7) is 0. The van der Waals surface area contributed by atoms with Gasteiger partial charge in [-0.1, -0.05) is 6.07 Å². The fraction of sp³-hybridized carbons (Fsp3) is 0.100. The van der Waals surface area contributed by atoms with Crippen molar-refractivity contribution in [2.75, 3.05) is 11.1 Å². The van der Waals surface area contributed by atoms with Crippen LogP contribution < -0.4 is 21.7 Å². The normalized spacial score (nSPS) is 25.5. The number of carbonyl (C=O) groups excluding carboxylic acids is 3. The van der Waals surface area contributed by atoms with E-state index in [4.69, 9.17) is 5.73 Å². The smallest absolute Gasteiger partial charge is 0.323 e. The van der Waals surface area contributed by atoms with Gasteiger partial charge in [0.05, 0.1) is 0 Å². The van der Waals surface area contributed by atoms with Crippen molar-refractivity contribution in [3.8, 4) is 0 Å². The standard InChI is InChI=1S/C10H8N4O3/c11-4-1-2-5-6(3-4)12-7(15)10(5)8(16)13-9(17)14-10/h1-3H,11H2,(H,12,15)(H2,13,14,16,17). The van der Waals surface area contributed by atoms with Crippen LogP contribution in [0.2, 0.25) is 0 Å². The van der Waals surface area contributed by atoms with Gasteiger partial charge in [0.2, 0.25) is 5.54 Å². The van der Waals surface area contributed by atoms with Gasteiger partial charge in [0, 0.05) is 16.9 Å². The van der Waals surface area contributed by atoms with E-state index in [-0.39, 0.29) is 0 Å². The molecule has 3 rings (SSSR count). The number of benzene rings is 1. The Balaban J connectivity index is 2.24. The van der Waals surface area contributed by atoms with E-state index in [1.165, 1.54) is 0 Å². The second-order valence-electron chi connectivity index (χ2n) is 3.92. The van der Waals surface area contributed by atoms with Gasteiger partial charge in [-0.15, -0.1) is 0 Å². The number of fused-ring (bicyclic) bond motifs is 2. The quantitative estimate of drug-likeness (QED) is 0.268. The van der Waals surface area contributed by atoms with E-state index in [0.29, 0.717) is 16.9 Å². The molecule has 2 aliphatic heterocycles. The molecule has 1 spiro atoms. The van der Waals surface area contributed by atoms with Crippen molar-refractivity contribution in [1.82, 2.24) is 10.6 Å². The fourth-order valence-corrected chi connectivity index (χ4v) is 2.14. The van der Waals surface area contributed by atoms with Crippen LogP contribution in [0.1, 0.15) is 5.56 Å². The monoisotopic (exact) mass is 232 g/mol. The maximum atomic E-state index is 11.9. The highest BCUT2D eigenvalue weighted by Crippen LogP contribution is 2.38. The van der Waals surface area contributed by atoms with Gasteiger partial charge in [-0.3, -0.25) is 14.9 Å². The van der Waals surface area contributed by atoms with E-state index in [1.54, 1.807) is 18.2 Å². The van der Waals surface area contributed by atoms with Gasteiger partial charge in [0.1, 0.15) is 0 Å². The molecule has 0 aliphatic carbocycles. The molecule has 17 heavy (non-hydrogen) atoms. The number of nitrogen functional groups attached to an aromatic ring is 1. The van der Waals surface area contributed by atoms with Crippen molar-refractivity contribution >= 4 is 29.2 Å². The van der Waals surface area contributed by atoms with E-state index in [1.807, 2.05) is 0 Å². The Hall–Kier alpha value is -2.57. The maximum Gasteiger partial charge on any atom is 0.323 e. The minimum Gasteiger partial charge on any atom is -0.399 e. The molecule has 1 aromatic carbocycles. The zero-order valence-corrected chi connectivity index (χ0v) is 8.53. The molecule has 1 atom stereocenters. The van der Waals surface area contributed by atoms with Gasteiger partial charge in [0.15, 0.2) is 0 Å². The summed E-state index contributed by atoms with van der Waals surface area (Å²) in [5, 5.41) is 6.93. The third-order valence-electron chi connectivity index (χ3n) is 2.91. The Morgan fingerprint density at radius 3 is 2.41 bits per heavy atom. The second-order valence-corrected chi connectivity index (χ2v) is 3.92. The molecule has 1 saturated heterocycles. The number of rotatable bonds is 0. The minimum absolute atomic E-state index is 0.403. The lowest BCUT2D eigenvalue weighted by molar-refractivity contribution is -0.132. The minimum atomic E-state index is -1.65. The first-order chi connectivity index (χ1) is 8.04. The first-order valence-electron chi connectivity index (χ1n) is 4.89. The van der Waals surface area contributed by atoms with Gasteiger partial charge < -0.3 is 16.4 Å². The Bertz CT molecular complexity index is 583. The number of nitrogens with two attached hydrogens (primary N) is 1. The van der Waals surface area contributed by atoms with Crippen LogP contribution >= 0.6 is 0 Å². The fourth-order valence-electron chi connectivity index (χ4n) is 2.14. The van der Waals surface area contributed by atoms with E-state index >= 15 is 0 Å². The van der Waals surface area contributed by atoms with Crippen molar-refractivity contribution in [2.24, 2.45) is 0 Å². The number of nitrogens with one attached hydrogen (secondary N) is 3. The first-order valence-corrected chi connectivity index (χ1v) is 4.89. The third kappa shape index (κ3) is 1.02. The summed E-state index contributed by atoms with van der Waals surface area (Å²) >= 11 is 0. The molecule has 5 N–H and O–H groups in total. The molecule has 7 nitrogen and oxygen atoms in total. The summed E-state index contributed by atoms with van der Waals surface area (Å²) in [4.78, 5) is 34.9. The predicted octanol–water partition coefficient (Wildman–Crippen LogP) is -0.744. The van der Waals surface area contributed by atoms with Crippen molar-refractivity contribution in [3.05, 3.63) is 23.8 Å². The molecule has 0 radical (unpaired) electrons. The van der Waals surface area contributed by atoms with Crippen LogP contribution in [0.3, 0.4) is 0 Å². The Morgan fingerprint density at radius 1 is 1.06 bits per heavy atom. The topological polar surface area (TPSA) is 113 Å². The van der Waals surface area contributed by atoms with Gasteiger partial charge in [-0.05, 0) is 12.1 Å². The molecule has 0 aromatic heterocycles. The van der Waals surface area contributed by atoms with Crippen LogP contribution in [0.5, 0.6) is 0 Å². The molecule has 1 fully saturated rings. The summed E-state index contributed by atoms with van der Waals surface area (Å²) in [6.07, 6.45) is 0. The predicted molar refractivity (Wildman–Crippen MR) is 57.8 cm³/mol. The highest BCUT2D eigenvalue weighted by Gasteiger charge is 2.58. The van der Waals surface area contributed by atoms with Crippen LogP contribution in [0.25, 0.3) is 0 Å². The van der Waals surface area contributed by atoms with E-state index < -0.39 is 23.4 Å². The molecule has 86 valence electrons.